The third-order valence-electron chi connectivity index (χ3n) is 3.87. The van der Waals surface area contributed by atoms with Crippen molar-refractivity contribution >= 4 is 27.8 Å². The number of rotatable bonds is 4. The summed E-state index contributed by atoms with van der Waals surface area (Å²) in [6, 6.07) is 15.1. The van der Waals surface area contributed by atoms with Gasteiger partial charge in [0.25, 0.3) is 5.91 Å². The molecule has 0 radical (unpaired) electrons. The number of hydrogen-bond donors (Lipinski definition) is 2. The zero-order chi connectivity index (χ0) is 16.4. The summed E-state index contributed by atoms with van der Waals surface area (Å²) >= 11 is 3.41. The molecule has 0 fully saturated rings. The lowest BCUT2D eigenvalue weighted by Crippen LogP contribution is -2.40. The lowest BCUT2D eigenvalue weighted by Gasteiger charge is -2.24. The monoisotopic (exact) mass is 373 g/mol. The molecule has 3 rings (SSSR count). The van der Waals surface area contributed by atoms with Crippen molar-refractivity contribution in [1.29, 1.82) is 0 Å². The molecule has 0 saturated carbocycles. The molecule has 0 spiro atoms. The van der Waals surface area contributed by atoms with Gasteiger partial charge in [0.15, 0.2) is 11.5 Å². The van der Waals surface area contributed by atoms with Crippen molar-refractivity contribution < 1.29 is 9.53 Å². The summed E-state index contributed by atoms with van der Waals surface area (Å²) in [4.78, 5) is 17.0. The third-order valence-corrected chi connectivity index (χ3v) is 4.40. The van der Waals surface area contributed by atoms with Crippen molar-refractivity contribution in [2.75, 3.05) is 7.11 Å². The number of guanidine groups is 1. The molecule has 1 amide bonds. The van der Waals surface area contributed by atoms with Crippen LogP contribution in [0.1, 0.15) is 11.1 Å². The van der Waals surface area contributed by atoms with Gasteiger partial charge in [0.2, 0.25) is 0 Å². The maximum Gasteiger partial charge on any atom is 0.259 e. The number of methoxy groups -OCH3 is 1. The first-order chi connectivity index (χ1) is 11.0. The molecule has 1 heterocycles. The predicted octanol–water partition coefficient (Wildman–Crippen LogP) is 2.34. The molecule has 6 heteroatoms. The van der Waals surface area contributed by atoms with Crippen LogP contribution in [0.2, 0.25) is 0 Å². The molecule has 3 N–H and O–H groups in total. The van der Waals surface area contributed by atoms with E-state index in [4.69, 9.17) is 10.5 Å². The van der Waals surface area contributed by atoms with Crippen LogP contribution in [0.15, 0.2) is 58.0 Å². The second-order valence-electron chi connectivity index (χ2n) is 5.34. The second-order valence-corrected chi connectivity index (χ2v) is 6.26. The standard InChI is InChI=1S/C17H16BrN3O2/c1-23-14-8-4-12(5-9-14)17(15(22)20-16(19)21-17)10-11-2-6-13(18)7-3-11/h2-9H,10H2,1H3,(H3,19,20,21,22)/t17-/m1/s1. The topological polar surface area (TPSA) is 76.7 Å². The maximum absolute atomic E-state index is 12.6. The van der Waals surface area contributed by atoms with Crippen molar-refractivity contribution in [2.24, 2.45) is 10.7 Å². The fraction of sp³-hybridized carbons (Fsp3) is 0.176. The number of ether oxygens (including phenoxy) is 1. The van der Waals surface area contributed by atoms with Crippen LogP contribution in [-0.2, 0) is 16.8 Å². The van der Waals surface area contributed by atoms with E-state index in [9.17, 15) is 4.79 Å². The highest BCUT2D eigenvalue weighted by Gasteiger charge is 2.44. The molecule has 1 aliphatic heterocycles. The molecule has 1 atom stereocenters. The molecule has 5 nitrogen and oxygen atoms in total. The van der Waals surface area contributed by atoms with Gasteiger partial charge < -0.3 is 10.5 Å². The fourth-order valence-electron chi connectivity index (χ4n) is 2.69. The Hall–Kier alpha value is -2.34. The van der Waals surface area contributed by atoms with Crippen molar-refractivity contribution in [1.82, 2.24) is 5.32 Å². The van der Waals surface area contributed by atoms with E-state index in [1.165, 1.54) is 0 Å². The fourth-order valence-corrected chi connectivity index (χ4v) is 2.95. The van der Waals surface area contributed by atoms with Gasteiger partial charge in [-0.15, -0.1) is 0 Å². The molecule has 2 aromatic carbocycles. The number of benzene rings is 2. The summed E-state index contributed by atoms with van der Waals surface area (Å²) in [6.07, 6.45) is 0.430. The van der Waals surface area contributed by atoms with E-state index in [-0.39, 0.29) is 11.9 Å². The van der Waals surface area contributed by atoms with Crippen LogP contribution in [0, 0.1) is 0 Å². The van der Waals surface area contributed by atoms with Gasteiger partial charge in [-0.2, -0.15) is 0 Å². The first kappa shape index (κ1) is 15.6. The van der Waals surface area contributed by atoms with Crippen molar-refractivity contribution in [2.45, 2.75) is 12.0 Å². The number of hydrogen-bond acceptors (Lipinski definition) is 4. The smallest absolute Gasteiger partial charge is 0.259 e. The van der Waals surface area contributed by atoms with Gasteiger partial charge >= 0.3 is 0 Å². The van der Waals surface area contributed by atoms with E-state index in [1.807, 2.05) is 48.5 Å². The Balaban J connectivity index is 2.04. The van der Waals surface area contributed by atoms with Gasteiger partial charge in [-0.1, -0.05) is 40.2 Å². The zero-order valence-corrected chi connectivity index (χ0v) is 14.1. The molecule has 1 aliphatic rings. The highest BCUT2D eigenvalue weighted by molar-refractivity contribution is 9.10. The molecule has 0 aliphatic carbocycles. The average Bonchev–Trinajstić information content (AvgIpc) is 2.84. The number of aliphatic imine (C=N–C) groups is 1. The van der Waals surface area contributed by atoms with E-state index in [1.54, 1.807) is 7.11 Å². The van der Waals surface area contributed by atoms with Gasteiger partial charge in [-0.25, -0.2) is 4.99 Å². The van der Waals surface area contributed by atoms with E-state index in [2.05, 4.69) is 26.2 Å². The lowest BCUT2D eigenvalue weighted by molar-refractivity contribution is -0.124. The van der Waals surface area contributed by atoms with Crippen molar-refractivity contribution in [3.8, 4) is 5.75 Å². The normalized spacial score (nSPS) is 20.1. The Morgan fingerprint density at radius 2 is 1.83 bits per heavy atom. The summed E-state index contributed by atoms with van der Waals surface area (Å²) in [5.41, 5.74) is 6.48. The number of carbonyl (C=O) groups excluding carboxylic acids is 1. The van der Waals surface area contributed by atoms with Gasteiger partial charge in [-0.3, -0.25) is 10.1 Å². The van der Waals surface area contributed by atoms with Crippen LogP contribution in [0.25, 0.3) is 0 Å². The number of amides is 1. The zero-order valence-electron chi connectivity index (χ0n) is 12.5. The number of nitrogens with one attached hydrogen (secondary N) is 1. The van der Waals surface area contributed by atoms with Crippen LogP contribution >= 0.6 is 15.9 Å². The summed E-state index contributed by atoms with van der Waals surface area (Å²) in [7, 11) is 1.60. The first-order valence-corrected chi connectivity index (χ1v) is 7.88. The second kappa shape index (κ2) is 6.04. The number of nitrogens with zero attached hydrogens (tertiary/aromatic N) is 1. The molecule has 118 valence electrons. The molecular weight excluding hydrogens is 358 g/mol. The largest absolute Gasteiger partial charge is 0.497 e. The molecule has 2 aromatic rings. The summed E-state index contributed by atoms with van der Waals surface area (Å²) < 4.78 is 6.16. The minimum absolute atomic E-state index is 0.142. The van der Waals surface area contributed by atoms with Crippen LogP contribution in [0.3, 0.4) is 0 Å². The Labute approximate surface area is 142 Å². The molecular formula is C17H16BrN3O2. The average molecular weight is 374 g/mol. The van der Waals surface area contributed by atoms with Gasteiger partial charge in [-0.05, 0) is 35.4 Å². The molecule has 0 saturated heterocycles. The number of halogens is 1. The highest BCUT2D eigenvalue weighted by Crippen LogP contribution is 2.34. The van der Waals surface area contributed by atoms with Crippen LogP contribution in [-0.4, -0.2) is 19.0 Å². The SMILES string of the molecule is COc1ccc([C@@]2(Cc3ccc(Br)cc3)N=C(N)NC2=O)cc1. The Kier molecular flexibility index (Phi) is 4.09. The quantitative estimate of drug-likeness (QED) is 0.863. The van der Waals surface area contributed by atoms with E-state index < -0.39 is 5.54 Å². The van der Waals surface area contributed by atoms with Crippen molar-refractivity contribution in [3.05, 3.63) is 64.1 Å². The predicted molar refractivity (Wildman–Crippen MR) is 92.3 cm³/mol. The lowest BCUT2D eigenvalue weighted by atomic mass is 9.84. The Morgan fingerprint density at radius 1 is 1.17 bits per heavy atom. The molecule has 0 aromatic heterocycles. The first-order valence-electron chi connectivity index (χ1n) is 7.09. The molecule has 0 unspecified atom stereocenters. The molecule has 23 heavy (non-hydrogen) atoms. The third kappa shape index (κ3) is 2.94. The minimum Gasteiger partial charge on any atom is -0.497 e. The van der Waals surface area contributed by atoms with Crippen LogP contribution < -0.4 is 15.8 Å². The van der Waals surface area contributed by atoms with Crippen LogP contribution in [0.4, 0.5) is 0 Å². The molecule has 0 bridgehead atoms. The van der Waals surface area contributed by atoms with Gasteiger partial charge in [0, 0.05) is 10.9 Å². The summed E-state index contributed by atoms with van der Waals surface area (Å²) in [5, 5.41) is 2.61. The minimum atomic E-state index is -1.05. The van der Waals surface area contributed by atoms with Gasteiger partial charge in [0.05, 0.1) is 7.11 Å². The maximum atomic E-state index is 12.6. The van der Waals surface area contributed by atoms with E-state index >= 15 is 0 Å². The number of nitrogens with two attached hydrogens (primary N) is 1. The Bertz CT molecular complexity index is 756. The Morgan fingerprint density at radius 3 is 2.35 bits per heavy atom. The van der Waals surface area contributed by atoms with Crippen molar-refractivity contribution in [3.63, 3.8) is 0 Å². The van der Waals surface area contributed by atoms with Gasteiger partial charge in [0.1, 0.15) is 5.75 Å². The van der Waals surface area contributed by atoms with Crippen LogP contribution in [0.5, 0.6) is 5.75 Å². The summed E-state index contributed by atoms with van der Waals surface area (Å²) in [5.74, 6) is 0.647. The summed E-state index contributed by atoms with van der Waals surface area (Å²) in [6.45, 7) is 0. The van der Waals surface area contributed by atoms with E-state index in [0.717, 1.165) is 21.3 Å². The number of carbonyl (C=O) groups is 1. The highest BCUT2D eigenvalue weighted by atomic mass is 79.9. The van der Waals surface area contributed by atoms with E-state index in [0.29, 0.717) is 6.42 Å².